The molecule has 2 aliphatic rings. The van der Waals surface area contributed by atoms with Crippen LogP contribution < -0.4 is 9.80 Å². The van der Waals surface area contributed by atoms with Crippen molar-refractivity contribution in [3.05, 3.63) is 250 Å². The van der Waals surface area contributed by atoms with E-state index in [1.807, 2.05) is 12.2 Å². The lowest BCUT2D eigenvalue weighted by atomic mass is 9.69. The van der Waals surface area contributed by atoms with E-state index in [-0.39, 0.29) is 0 Å². The van der Waals surface area contributed by atoms with Gasteiger partial charge in [0.1, 0.15) is 22.3 Å². The van der Waals surface area contributed by atoms with E-state index in [2.05, 4.69) is 248 Å². The lowest BCUT2D eigenvalue weighted by Gasteiger charge is -2.35. The van der Waals surface area contributed by atoms with E-state index >= 15 is 0 Å². The third kappa shape index (κ3) is 6.52. The highest BCUT2D eigenvalue weighted by atomic mass is 16.3. The monoisotopic (exact) mass is 946 g/mol. The fourth-order valence-corrected chi connectivity index (χ4v) is 12.5. The van der Waals surface area contributed by atoms with Gasteiger partial charge in [0.25, 0.3) is 0 Å². The van der Waals surface area contributed by atoms with Crippen LogP contribution in [-0.2, 0) is 5.41 Å². The Morgan fingerprint density at radius 1 is 0.438 bits per heavy atom. The van der Waals surface area contributed by atoms with E-state index in [0.29, 0.717) is 0 Å². The second kappa shape index (κ2) is 17.3. The molecule has 0 amide bonds. The maximum Gasteiger partial charge on any atom is 0.145 e. The van der Waals surface area contributed by atoms with Gasteiger partial charge in [0.2, 0.25) is 0 Å². The zero-order chi connectivity index (χ0) is 50.4. The molecule has 2 aliphatic carbocycles. The molecule has 356 valence electrons. The van der Waals surface area contributed by atoms with Gasteiger partial charge in [0.05, 0.1) is 38.9 Å². The summed E-state index contributed by atoms with van der Waals surface area (Å²) in [7, 11) is 0. The van der Waals surface area contributed by atoms with Gasteiger partial charge >= 0.3 is 0 Å². The molecular formula is C69H58N2O2. The molecular weight excluding hydrogens is 889 g/mol. The number of allylic oxidation sites excluding steroid dienone is 8. The Hall–Kier alpha value is -8.60. The van der Waals surface area contributed by atoms with Crippen LogP contribution >= 0.6 is 0 Å². The fourth-order valence-electron chi connectivity index (χ4n) is 12.5. The summed E-state index contributed by atoms with van der Waals surface area (Å²) in [4.78, 5) is 4.92. The number of benzene rings is 8. The Morgan fingerprint density at radius 3 is 1.23 bits per heavy atom. The molecule has 4 nitrogen and oxygen atoms in total. The number of anilines is 6. The SMILES string of the molecule is C=Cc1ccc(C)cc1N(c1ccccc1C)c1cc2c(c3oc4ccccc4c13)-c1c(cc(N(c3ccccc3C)c3cc(C)ccc3C=C)c3c1oc1ccccc13)C21C(C)=C(/C=C\C)C(/C=C\C)=C1C. The Kier molecular flexibility index (Phi) is 10.8. The minimum absolute atomic E-state index is 0.783. The number of hydrogen-bond acceptors (Lipinski definition) is 4. The molecule has 0 aliphatic heterocycles. The van der Waals surface area contributed by atoms with Crippen molar-refractivity contribution in [3.8, 4) is 11.1 Å². The van der Waals surface area contributed by atoms with Gasteiger partial charge < -0.3 is 18.6 Å². The molecule has 73 heavy (non-hydrogen) atoms. The molecule has 0 radical (unpaired) electrons. The number of hydrogen-bond donors (Lipinski definition) is 0. The summed E-state index contributed by atoms with van der Waals surface area (Å²) in [6, 6.07) is 52.8. The number of nitrogens with zero attached hydrogens (tertiary/aromatic N) is 2. The highest BCUT2D eigenvalue weighted by Gasteiger charge is 2.54. The number of fused-ring (bicyclic) bond motifs is 13. The highest BCUT2D eigenvalue weighted by molar-refractivity contribution is 6.25. The van der Waals surface area contributed by atoms with Gasteiger partial charge in [-0.25, -0.2) is 0 Å². The van der Waals surface area contributed by atoms with E-state index in [1.165, 1.54) is 22.3 Å². The third-order valence-corrected chi connectivity index (χ3v) is 15.7. The smallest absolute Gasteiger partial charge is 0.145 e. The minimum Gasteiger partial charge on any atom is -0.455 e. The summed E-state index contributed by atoms with van der Waals surface area (Å²) in [6.45, 7) is 26.4. The van der Waals surface area contributed by atoms with Crippen LogP contribution in [0.4, 0.5) is 34.1 Å². The first-order chi connectivity index (χ1) is 35.5. The largest absolute Gasteiger partial charge is 0.455 e. The van der Waals surface area contributed by atoms with E-state index in [4.69, 9.17) is 8.83 Å². The van der Waals surface area contributed by atoms with Crippen molar-refractivity contribution in [2.75, 3.05) is 9.80 Å². The number of aryl methyl sites for hydroxylation is 4. The van der Waals surface area contributed by atoms with Crippen LogP contribution in [0, 0.1) is 27.7 Å². The number of rotatable bonds is 10. The van der Waals surface area contributed by atoms with E-state index < -0.39 is 5.41 Å². The maximum atomic E-state index is 7.48. The average Bonchev–Trinajstić information content (AvgIpc) is 4.15. The summed E-state index contributed by atoms with van der Waals surface area (Å²) < 4.78 is 15.0. The Labute approximate surface area is 428 Å². The first kappa shape index (κ1) is 45.5. The molecule has 10 aromatic rings. The minimum atomic E-state index is -0.783. The summed E-state index contributed by atoms with van der Waals surface area (Å²) in [5, 5.41) is 4.15. The molecule has 2 heterocycles. The van der Waals surface area contributed by atoms with Gasteiger partial charge in [-0.1, -0.05) is 147 Å². The Bertz CT molecular complexity index is 3860. The van der Waals surface area contributed by atoms with Crippen LogP contribution in [0.1, 0.15) is 72.2 Å². The van der Waals surface area contributed by atoms with E-state index in [1.54, 1.807) is 0 Å². The van der Waals surface area contributed by atoms with Crippen LogP contribution in [-0.4, -0.2) is 0 Å². The molecule has 0 bridgehead atoms. The molecule has 8 aromatic carbocycles. The maximum absolute atomic E-state index is 7.48. The first-order valence-corrected chi connectivity index (χ1v) is 25.4. The predicted octanol–water partition coefficient (Wildman–Crippen LogP) is 20.0. The zero-order valence-electron chi connectivity index (χ0n) is 42.9. The van der Waals surface area contributed by atoms with Gasteiger partial charge in [-0.2, -0.15) is 0 Å². The van der Waals surface area contributed by atoms with Gasteiger partial charge in [0.15, 0.2) is 0 Å². The van der Waals surface area contributed by atoms with Crippen molar-refractivity contribution in [1.29, 1.82) is 0 Å². The van der Waals surface area contributed by atoms with Crippen molar-refractivity contribution in [1.82, 2.24) is 0 Å². The quantitative estimate of drug-likeness (QED) is 0.137. The average molecular weight is 947 g/mol. The molecule has 1 spiro atoms. The van der Waals surface area contributed by atoms with Gasteiger partial charge in [-0.15, -0.1) is 0 Å². The van der Waals surface area contributed by atoms with Crippen LogP contribution in [0.15, 0.2) is 214 Å². The third-order valence-electron chi connectivity index (χ3n) is 15.7. The zero-order valence-corrected chi connectivity index (χ0v) is 42.9. The second-order valence-corrected chi connectivity index (χ2v) is 19.8. The molecule has 4 heteroatoms. The highest BCUT2D eigenvalue weighted by Crippen LogP contribution is 2.67. The number of para-hydroxylation sites is 4. The molecule has 12 rings (SSSR count). The second-order valence-electron chi connectivity index (χ2n) is 19.8. The Morgan fingerprint density at radius 2 is 0.836 bits per heavy atom. The molecule has 0 atom stereocenters. The van der Waals surface area contributed by atoms with Crippen molar-refractivity contribution >= 4 is 90.2 Å². The molecule has 0 N–H and O–H groups in total. The molecule has 2 aromatic heterocycles. The van der Waals surface area contributed by atoms with Crippen LogP contribution in [0.2, 0.25) is 0 Å². The van der Waals surface area contributed by atoms with Crippen molar-refractivity contribution in [2.24, 2.45) is 0 Å². The van der Waals surface area contributed by atoms with Crippen LogP contribution in [0.3, 0.4) is 0 Å². The van der Waals surface area contributed by atoms with Crippen LogP contribution in [0.5, 0.6) is 0 Å². The molecule has 0 saturated heterocycles. The number of furan rings is 2. The molecule has 0 fully saturated rings. The topological polar surface area (TPSA) is 32.8 Å². The summed E-state index contributed by atoms with van der Waals surface area (Å²) in [6.07, 6.45) is 12.9. The summed E-state index contributed by atoms with van der Waals surface area (Å²) in [5.41, 5.74) is 24.8. The van der Waals surface area contributed by atoms with Gasteiger partial charge in [0, 0.05) is 33.3 Å². The van der Waals surface area contributed by atoms with E-state index in [0.717, 1.165) is 134 Å². The van der Waals surface area contributed by atoms with Gasteiger partial charge in [-0.05, 0) is 171 Å². The first-order valence-electron chi connectivity index (χ1n) is 25.4. The van der Waals surface area contributed by atoms with Crippen LogP contribution in [0.25, 0.3) is 67.2 Å². The van der Waals surface area contributed by atoms with Crippen molar-refractivity contribution in [2.45, 2.75) is 60.8 Å². The lowest BCUT2D eigenvalue weighted by molar-refractivity contribution is 0.665. The normalized spacial score (nSPS) is 14.0. The molecule has 0 unspecified atom stereocenters. The molecule has 0 saturated carbocycles. The summed E-state index contributed by atoms with van der Waals surface area (Å²) >= 11 is 0. The Balaban J connectivity index is 1.34. The van der Waals surface area contributed by atoms with E-state index in [9.17, 15) is 0 Å². The van der Waals surface area contributed by atoms with Crippen molar-refractivity contribution in [3.63, 3.8) is 0 Å². The van der Waals surface area contributed by atoms with Gasteiger partial charge in [-0.3, -0.25) is 0 Å². The fraction of sp³-hybridized carbons (Fsp3) is 0.130. The predicted molar refractivity (Wildman–Crippen MR) is 311 cm³/mol. The standard InChI is InChI=1S/C69H58N2O2/c1-11-23-49-45(9)69(46(10)50(49)24-12-2)53-39-59(70(55-29-19-15-25-43(55)7)57-37-41(5)33-35-47(57)13-3)63-51-27-17-21-31-61(51)72-67(63)65(53)66-54(69)40-60(64-52-28-18-22-32-62(52)73-68(64)66)71(56-30-20-16-26-44(56)8)58-38-42(6)34-36-48(58)14-4/h11-40H,3-4H2,1-2,5-10H3/b23-11-,24-12-. The lowest BCUT2D eigenvalue weighted by Crippen LogP contribution is -2.27. The van der Waals surface area contributed by atoms with Crippen molar-refractivity contribution < 1.29 is 8.83 Å². The summed E-state index contributed by atoms with van der Waals surface area (Å²) in [5.74, 6) is 0.